The van der Waals surface area contributed by atoms with Gasteiger partial charge in [0.05, 0.1) is 6.10 Å². The highest BCUT2D eigenvalue weighted by atomic mass is 19.3. The minimum Gasteiger partial charge on any atom is -0.393 e. The molecule has 4 aliphatic carbocycles. The zero-order chi connectivity index (χ0) is 16.6. The molecule has 0 aromatic rings. The molecule has 4 fully saturated rings. The van der Waals surface area contributed by atoms with Crippen LogP contribution in [0.2, 0.25) is 0 Å². The summed E-state index contributed by atoms with van der Waals surface area (Å²) in [5.41, 5.74) is -0.451. The Bertz CT molecular complexity index is 533. The molecule has 0 unspecified atom stereocenters. The highest BCUT2D eigenvalue weighted by Crippen LogP contribution is 2.69. The molecule has 0 heterocycles. The van der Waals surface area contributed by atoms with E-state index in [2.05, 4.69) is 6.92 Å². The molecular formula is C19H28F2O2. The Morgan fingerprint density at radius 3 is 2.48 bits per heavy atom. The molecule has 4 heteroatoms. The Morgan fingerprint density at radius 1 is 1.04 bits per heavy atom. The first kappa shape index (κ1) is 16.0. The number of aliphatic hydroxyl groups excluding tert-OH is 1. The summed E-state index contributed by atoms with van der Waals surface area (Å²) in [6.45, 7) is 4.20. The maximum Gasteiger partial charge on any atom is 0.251 e. The first-order valence-electron chi connectivity index (χ1n) is 9.26. The number of fused-ring (bicyclic) bond motifs is 5. The van der Waals surface area contributed by atoms with Crippen LogP contribution in [0.3, 0.4) is 0 Å². The number of alkyl halides is 2. The summed E-state index contributed by atoms with van der Waals surface area (Å²) in [5, 5.41) is 10.4. The SMILES string of the molecule is C[C@]12CCC(=O)C[C@@H]1CC(F)(F)[C@@H]1[C@@H]2CC[C@]2(C)[C@@H](O)CC[C@@H]12. The van der Waals surface area contributed by atoms with Crippen molar-refractivity contribution in [2.24, 2.45) is 34.5 Å². The van der Waals surface area contributed by atoms with Crippen molar-refractivity contribution >= 4 is 5.78 Å². The van der Waals surface area contributed by atoms with E-state index in [1.807, 2.05) is 6.92 Å². The topological polar surface area (TPSA) is 37.3 Å². The molecule has 0 aliphatic heterocycles. The fraction of sp³-hybridized carbons (Fsp3) is 0.947. The average Bonchev–Trinajstić information content (AvgIpc) is 2.77. The van der Waals surface area contributed by atoms with Crippen LogP contribution in [0.4, 0.5) is 8.78 Å². The number of hydrogen-bond donors (Lipinski definition) is 1. The smallest absolute Gasteiger partial charge is 0.251 e. The van der Waals surface area contributed by atoms with E-state index in [9.17, 15) is 9.90 Å². The Morgan fingerprint density at radius 2 is 1.74 bits per heavy atom. The van der Waals surface area contributed by atoms with Gasteiger partial charge in [0.2, 0.25) is 0 Å². The second kappa shape index (κ2) is 4.77. The third-order valence-electron chi connectivity index (χ3n) is 8.42. The lowest BCUT2D eigenvalue weighted by atomic mass is 9.44. The fourth-order valence-corrected chi connectivity index (χ4v) is 6.92. The van der Waals surface area contributed by atoms with Gasteiger partial charge in [-0.1, -0.05) is 13.8 Å². The summed E-state index contributed by atoms with van der Waals surface area (Å²) in [5.74, 6) is -3.35. The van der Waals surface area contributed by atoms with Crippen molar-refractivity contribution in [2.75, 3.05) is 0 Å². The highest BCUT2D eigenvalue weighted by Gasteiger charge is 2.67. The van der Waals surface area contributed by atoms with Crippen LogP contribution in [0.25, 0.3) is 0 Å². The second-order valence-electron chi connectivity index (χ2n) is 9.29. The van der Waals surface area contributed by atoms with Crippen molar-refractivity contribution in [1.29, 1.82) is 0 Å². The number of halogens is 2. The van der Waals surface area contributed by atoms with Gasteiger partial charge in [0.25, 0.3) is 5.92 Å². The van der Waals surface area contributed by atoms with Crippen LogP contribution in [0.1, 0.15) is 65.2 Å². The molecule has 7 atom stereocenters. The molecule has 0 bridgehead atoms. The lowest BCUT2D eigenvalue weighted by Crippen LogP contribution is -2.61. The molecule has 4 rings (SSSR count). The molecule has 0 saturated heterocycles. The van der Waals surface area contributed by atoms with E-state index in [1.165, 1.54) is 0 Å². The molecule has 0 spiro atoms. The number of ketones is 1. The summed E-state index contributed by atoms with van der Waals surface area (Å²) in [4.78, 5) is 11.8. The van der Waals surface area contributed by atoms with Crippen LogP contribution in [0.15, 0.2) is 0 Å². The van der Waals surface area contributed by atoms with Crippen LogP contribution < -0.4 is 0 Å². The van der Waals surface area contributed by atoms with Gasteiger partial charge in [-0.3, -0.25) is 4.79 Å². The predicted octanol–water partition coefficient (Wildman–Crippen LogP) is 4.20. The summed E-state index contributed by atoms with van der Waals surface area (Å²) in [6.07, 6.45) is 4.17. The summed E-state index contributed by atoms with van der Waals surface area (Å²) in [7, 11) is 0. The molecule has 0 amide bonds. The zero-order valence-electron chi connectivity index (χ0n) is 14.2. The molecule has 0 aromatic heterocycles. The molecule has 23 heavy (non-hydrogen) atoms. The van der Waals surface area contributed by atoms with Crippen molar-refractivity contribution in [1.82, 2.24) is 0 Å². The zero-order valence-corrected chi connectivity index (χ0v) is 14.2. The van der Waals surface area contributed by atoms with E-state index in [4.69, 9.17) is 0 Å². The van der Waals surface area contributed by atoms with Gasteiger partial charge in [0.15, 0.2) is 0 Å². The molecule has 4 aliphatic rings. The monoisotopic (exact) mass is 326 g/mol. The van der Waals surface area contributed by atoms with Gasteiger partial charge in [-0.25, -0.2) is 8.78 Å². The maximum absolute atomic E-state index is 15.2. The van der Waals surface area contributed by atoms with Crippen LogP contribution >= 0.6 is 0 Å². The van der Waals surface area contributed by atoms with E-state index >= 15 is 8.78 Å². The summed E-state index contributed by atoms with van der Waals surface area (Å²) >= 11 is 0. The van der Waals surface area contributed by atoms with E-state index in [0.717, 1.165) is 25.7 Å². The number of hydrogen-bond acceptors (Lipinski definition) is 2. The van der Waals surface area contributed by atoms with Gasteiger partial charge in [0, 0.05) is 25.2 Å². The lowest BCUT2D eigenvalue weighted by Gasteiger charge is -2.61. The van der Waals surface area contributed by atoms with Crippen molar-refractivity contribution in [3.63, 3.8) is 0 Å². The van der Waals surface area contributed by atoms with E-state index in [0.29, 0.717) is 19.3 Å². The van der Waals surface area contributed by atoms with Gasteiger partial charge in [0.1, 0.15) is 5.78 Å². The first-order chi connectivity index (χ1) is 10.7. The lowest BCUT2D eigenvalue weighted by molar-refractivity contribution is -0.232. The minimum absolute atomic E-state index is 0.00715. The molecule has 1 N–H and O–H groups in total. The fourth-order valence-electron chi connectivity index (χ4n) is 6.92. The number of carbonyl (C=O) groups is 1. The van der Waals surface area contributed by atoms with Crippen LogP contribution in [-0.4, -0.2) is 22.9 Å². The number of aliphatic hydroxyl groups is 1. The number of rotatable bonds is 0. The van der Waals surface area contributed by atoms with Crippen LogP contribution in [-0.2, 0) is 4.79 Å². The van der Waals surface area contributed by atoms with Crippen molar-refractivity contribution in [3.05, 3.63) is 0 Å². The third kappa shape index (κ3) is 2.03. The van der Waals surface area contributed by atoms with Crippen molar-refractivity contribution < 1.29 is 18.7 Å². The summed E-state index contributed by atoms with van der Waals surface area (Å²) < 4.78 is 30.3. The summed E-state index contributed by atoms with van der Waals surface area (Å²) in [6, 6.07) is 0. The molecule has 4 saturated carbocycles. The quantitative estimate of drug-likeness (QED) is 0.724. The molecular weight excluding hydrogens is 298 g/mol. The average molecular weight is 326 g/mol. The standard InChI is InChI=1S/C19H28F2O2/c1-17-7-5-12(22)9-11(17)10-19(20,21)16-13-3-4-15(23)18(13,2)8-6-14(16)17/h11,13-16,23H,3-10H2,1-2H3/t11-,13+,14+,15+,16+,17+,18+/m1/s1. The Labute approximate surface area is 137 Å². The predicted molar refractivity (Wildman–Crippen MR) is 83.1 cm³/mol. The van der Waals surface area contributed by atoms with E-state index < -0.39 is 17.9 Å². The highest BCUT2D eigenvalue weighted by molar-refractivity contribution is 5.79. The largest absolute Gasteiger partial charge is 0.393 e. The van der Waals surface area contributed by atoms with Crippen molar-refractivity contribution in [2.45, 2.75) is 77.2 Å². The van der Waals surface area contributed by atoms with Gasteiger partial charge in [-0.05, 0) is 60.7 Å². The Kier molecular flexibility index (Phi) is 3.32. The number of Topliss-reactive ketones (excluding diaryl/α,β-unsaturated/α-hetero) is 1. The van der Waals surface area contributed by atoms with E-state index in [-0.39, 0.29) is 40.8 Å². The molecule has 2 nitrogen and oxygen atoms in total. The number of carbonyl (C=O) groups excluding carboxylic acids is 1. The third-order valence-corrected chi connectivity index (χ3v) is 8.42. The minimum atomic E-state index is -2.69. The van der Waals surface area contributed by atoms with Gasteiger partial charge >= 0.3 is 0 Å². The second-order valence-corrected chi connectivity index (χ2v) is 9.29. The normalized spacial score (nSPS) is 55.0. The van der Waals surface area contributed by atoms with Crippen molar-refractivity contribution in [3.8, 4) is 0 Å². The maximum atomic E-state index is 15.2. The first-order valence-corrected chi connectivity index (χ1v) is 9.26. The van der Waals surface area contributed by atoms with Gasteiger partial charge < -0.3 is 5.11 Å². The molecule has 0 radical (unpaired) electrons. The van der Waals surface area contributed by atoms with E-state index in [1.54, 1.807) is 0 Å². The molecule has 130 valence electrons. The molecule has 0 aromatic carbocycles. The Hall–Kier alpha value is -0.510. The van der Waals surface area contributed by atoms with Crippen LogP contribution in [0.5, 0.6) is 0 Å². The van der Waals surface area contributed by atoms with Crippen LogP contribution in [0, 0.1) is 34.5 Å². The van der Waals surface area contributed by atoms with Gasteiger partial charge in [-0.2, -0.15) is 0 Å². The Balaban J connectivity index is 1.74. The van der Waals surface area contributed by atoms with Gasteiger partial charge in [-0.15, -0.1) is 0 Å².